The molecule has 5 rings (SSSR count). The zero-order chi connectivity index (χ0) is 24.4. The minimum Gasteiger partial charge on any atom is -0.389 e. The average molecular weight is 476 g/mol. The fourth-order valence-corrected chi connectivity index (χ4v) is 3.73. The highest BCUT2D eigenvalue weighted by molar-refractivity contribution is 6.03. The number of nitrogens with zero attached hydrogens (tertiary/aromatic N) is 6. The largest absolute Gasteiger partial charge is 0.389 e. The molecule has 3 amide bonds. The van der Waals surface area contributed by atoms with Crippen LogP contribution in [-0.4, -0.2) is 63.5 Å². The van der Waals surface area contributed by atoms with Crippen LogP contribution in [0.5, 0.6) is 12.0 Å². The second-order valence-corrected chi connectivity index (χ2v) is 8.62. The molecule has 0 atom stereocenters. The Hall–Kier alpha value is -4.25. The van der Waals surface area contributed by atoms with Gasteiger partial charge in [0, 0.05) is 42.2 Å². The van der Waals surface area contributed by atoms with Gasteiger partial charge in [0.2, 0.25) is 5.91 Å². The number of benzene rings is 1. The molecule has 2 aromatic heterocycles. The summed E-state index contributed by atoms with van der Waals surface area (Å²) in [6.45, 7) is 1.08. The molecule has 35 heavy (non-hydrogen) atoms. The quantitative estimate of drug-likeness (QED) is 0.492. The Morgan fingerprint density at radius 2 is 2.17 bits per heavy atom. The summed E-state index contributed by atoms with van der Waals surface area (Å²) < 4.78 is 10.5. The van der Waals surface area contributed by atoms with Crippen LogP contribution in [0.15, 0.2) is 59.4 Å². The van der Waals surface area contributed by atoms with Crippen molar-refractivity contribution in [3.63, 3.8) is 0 Å². The molecule has 3 aromatic rings. The van der Waals surface area contributed by atoms with Gasteiger partial charge in [-0.1, -0.05) is 17.3 Å². The molecule has 0 saturated heterocycles. The smallest absolute Gasteiger partial charge is 0.330 e. The topological polar surface area (TPSA) is 117 Å². The van der Waals surface area contributed by atoms with Gasteiger partial charge in [0.25, 0.3) is 0 Å². The lowest BCUT2D eigenvalue weighted by Crippen LogP contribution is -2.46. The zero-order valence-electron chi connectivity index (χ0n) is 19.4. The molecule has 1 aromatic carbocycles. The summed E-state index contributed by atoms with van der Waals surface area (Å²) >= 11 is 0. The first kappa shape index (κ1) is 22.5. The monoisotopic (exact) mass is 475 g/mol. The molecule has 180 valence electrons. The Morgan fingerprint density at radius 3 is 2.91 bits per heavy atom. The van der Waals surface area contributed by atoms with Crippen LogP contribution in [0.4, 0.5) is 22.0 Å². The molecule has 3 heterocycles. The number of amides is 3. The predicted octanol–water partition coefficient (Wildman–Crippen LogP) is 3.55. The van der Waals surface area contributed by atoms with Gasteiger partial charge in [0.15, 0.2) is 5.82 Å². The number of ether oxygens (including phenoxy) is 1. The first-order valence-electron chi connectivity index (χ1n) is 11.3. The van der Waals surface area contributed by atoms with E-state index < -0.39 is 0 Å². The molecule has 1 aliphatic heterocycles. The summed E-state index contributed by atoms with van der Waals surface area (Å²) in [5.41, 5.74) is 1.93. The van der Waals surface area contributed by atoms with Crippen molar-refractivity contribution < 1.29 is 18.8 Å². The molecule has 11 heteroatoms. The van der Waals surface area contributed by atoms with Gasteiger partial charge in [0.1, 0.15) is 0 Å². The van der Waals surface area contributed by atoms with E-state index in [1.54, 1.807) is 42.6 Å². The van der Waals surface area contributed by atoms with Gasteiger partial charge >= 0.3 is 18.0 Å². The van der Waals surface area contributed by atoms with Crippen molar-refractivity contribution in [2.75, 3.05) is 30.9 Å². The number of hydrogen-bond acceptors (Lipinski definition) is 8. The molecule has 11 nitrogen and oxygen atoms in total. The molecule has 0 spiro atoms. The normalized spacial score (nSPS) is 15.6. The molecule has 2 aliphatic rings. The van der Waals surface area contributed by atoms with Crippen molar-refractivity contribution in [3.8, 4) is 12.0 Å². The molecule has 1 aliphatic carbocycles. The number of nitrogens with one attached hydrogen (secondary N) is 1. The molecular weight excluding hydrogens is 450 g/mol. The number of urea groups is 1. The second kappa shape index (κ2) is 9.55. The van der Waals surface area contributed by atoms with E-state index in [-0.39, 0.29) is 29.9 Å². The maximum absolute atomic E-state index is 13.6. The van der Waals surface area contributed by atoms with Gasteiger partial charge in [0.05, 0.1) is 18.4 Å². The maximum Gasteiger partial charge on any atom is 0.330 e. The third kappa shape index (κ3) is 5.14. The van der Waals surface area contributed by atoms with Crippen LogP contribution >= 0.6 is 0 Å². The Bertz CT molecular complexity index is 1250. The van der Waals surface area contributed by atoms with Crippen molar-refractivity contribution in [1.82, 2.24) is 24.9 Å². The molecule has 0 unspecified atom stereocenters. The van der Waals surface area contributed by atoms with Crippen molar-refractivity contribution in [3.05, 3.63) is 60.4 Å². The predicted molar refractivity (Wildman–Crippen MR) is 127 cm³/mol. The first-order chi connectivity index (χ1) is 17.0. The summed E-state index contributed by atoms with van der Waals surface area (Å²) in [6.07, 6.45) is 8.32. The van der Waals surface area contributed by atoms with Crippen LogP contribution in [-0.2, 0) is 11.3 Å². The summed E-state index contributed by atoms with van der Waals surface area (Å²) in [7, 11) is 3.85. The molecule has 0 bridgehead atoms. The van der Waals surface area contributed by atoms with E-state index in [1.165, 1.54) is 17.2 Å². The Labute approximate surface area is 202 Å². The number of carbonyl (C=O) groups is 2. The fraction of sp³-hybridized carbons (Fsp3) is 0.292. The molecule has 0 radical (unpaired) electrons. The average Bonchev–Trinajstić information content (AvgIpc) is 3.54. The summed E-state index contributed by atoms with van der Waals surface area (Å²) in [5.74, 6) is 0.315. The van der Waals surface area contributed by atoms with Crippen LogP contribution in [0.3, 0.4) is 0 Å². The molecular formula is C24H25N7O4. The minimum atomic E-state index is -0.251. The second-order valence-electron chi connectivity index (χ2n) is 8.62. The number of fused-ring (bicyclic) bond motifs is 1. The molecule has 1 saturated carbocycles. The Balaban J connectivity index is 1.45. The lowest BCUT2D eigenvalue weighted by molar-refractivity contribution is -0.111. The van der Waals surface area contributed by atoms with E-state index >= 15 is 0 Å². The van der Waals surface area contributed by atoms with Crippen LogP contribution in [0.1, 0.15) is 18.4 Å². The highest BCUT2D eigenvalue weighted by Gasteiger charge is 2.41. The van der Waals surface area contributed by atoms with Gasteiger partial charge < -0.3 is 24.4 Å². The van der Waals surface area contributed by atoms with Crippen molar-refractivity contribution in [2.45, 2.75) is 25.4 Å². The van der Waals surface area contributed by atoms with Crippen LogP contribution < -0.4 is 15.0 Å². The van der Waals surface area contributed by atoms with Gasteiger partial charge in [-0.15, -0.1) is 0 Å². The maximum atomic E-state index is 13.6. The summed E-state index contributed by atoms with van der Waals surface area (Å²) in [4.78, 5) is 40.0. The third-order valence-electron chi connectivity index (χ3n) is 5.51. The van der Waals surface area contributed by atoms with E-state index in [2.05, 4.69) is 20.4 Å². The highest BCUT2D eigenvalue weighted by Crippen LogP contribution is 2.39. The van der Waals surface area contributed by atoms with Crippen molar-refractivity contribution in [2.24, 2.45) is 0 Å². The number of aromatic nitrogens is 3. The lowest BCUT2D eigenvalue weighted by Gasteiger charge is -2.36. The number of hydrogen-bond donors (Lipinski definition) is 1. The van der Waals surface area contributed by atoms with Gasteiger partial charge in [-0.25, -0.2) is 14.7 Å². The summed E-state index contributed by atoms with van der Waals surface area (Å²) in [6, 6.07) is 8.70. The van der Waals surface area contributed by atoms with Crippen molar-refractivity contribution >= 4 is 29.1 Å². The van der Waals surface area contributed by atoms with Gasteiger partial charge in [-0.05, 0) is 45.1 Å². The molecule has 1 N–H and O–H groups in total. The first-order valence-corrected chi connectivity index (χ1v) is 11.3. The van der Waals surface area contributed by atoms with E-state index in [1.807, 2.05) is 23.9 Å². The number of likely N-dealkylation sites (N-methyl/N-ethyl adjacent to an activating group) is 1. The number of carbonyl (C=O) groups excluding carboxylic acids is 2. The van der Waals surface area contributed by atoms with Gasteiger partial charge in [-0.2, -0.15) is 4.98 Å². The van der Waals surface area contributed by atoms with Crippen molar-refractivity contribution in [1.29, 1.82) is 0 Å². The van der Waals surface area contributed by atoms with Crippen LogP contribution in [0.2, 0.25) is 0 Å². The van der Waals surface area contributed by atoms with E-state index in [0.717, 1.165) is 18.4 Å². The van der Waals surface area contributed by atoms with E-state index in [4.69, 9.17) is 9.26 Å². The lowest BCUT2D eigenvalue weighted by atomic mass is 10.1. The summed E-state index contributed by atoms with van der Waals surface area (Å²) in [5, 5.41) is 6.46. The van der Waals surface area contributed by atoms with E-state index in [0.29, 0.717) is 30.3 Å². The number of anilines is 3. The fourth-order valence-electron chi connectivity index (χ4n) is 3.73. The Kier molecular flexibility index (Phi) is 6.15. The van der Waals surface area contributed by atoms with Crippen LogP contribution in [0, 0.1) is 0 Å². The van der Waals surface area contributed by atoms with Gasteiger partial charge in [-0.3, -0.25) is 4.79 Å². The van der Waals surface area contributed by atoms with E-state index in [9.17, 15) is 9.59 Å². The zero-order valence-corrected chi connectivity index (χ0v) is 19.4. The third-order valence-corrected chi connectivity index (χ3v) is 5.51. The molecule has 1 fully saturated rings. The number of rotatable bonds is 8. The SMILES string of the molecule is CN(C)C/C=C/C(=O)Nc1cccc(N2C(=O)N(C3CC3)Cc3cnc(Oc4ccno4)nc32)c1. The van der Waals surface area contributed by atoms with Crippen LogP contribution in [0.25, 0.3) is 0 Å². The Morgan fingerprint density at radius 1 is 1.31 bits per heavy atom. The minimum absolute atomic E-state index is 0.0358. The highest BCUT2D eigenvalue weighted by atomic mass is 16.6. The standard InChI is InChI=1S/C24H25N7O4/c1-29(2)12-4-7-20(32)27-17-5-3-6-19(13-17)31-22-16(15-30(24(31)33)18-8-9-18)14-25-23(28-22)34-21-10-11-26-35-21/h3-7,10-11,13-14,18H,8-9,12,15H2,1-2H3,(H,27,32)/b7-4+.